The van der Waals surface area contributed by atoms with E-state index in [2.05, 4.69) is 31.4 Å². The van der Waals surface area contributed by atoms with Gasteiger partial charge in [-0.15, -0.1) is 0 Å². The van der Waals surface area contributed by atoms with Crippen LogP contribution < -0.4 is 10.6 Å². The van der Waals surface area contributed by atoms with Gasteiger partial charge in [-0.05, 0) is 50.0 Å². The fourth-order valence-electron chi connectivity index (χ4n) is 3.73. The number of ether oxygens (including phenoxy) is 1. The molecule has 0 aromatic carbocycles. The summed E-state index contributed by atoms with van der Waals surface area (Å²) in [5.74, 6) is 2.00. The van der Waals surface area contributed by atoms with E-state index < -0.39 is 0 Å². The van der Waals surface area contributed by atoms with Crippen molar-refractivity contribution in [3.05, 3.63) is 0 Å². The Hall–Kier alpha value is -0.610. The maximum atomic E-state index is 12.0. The predicted octanol–water partition coefficient (Wildman–Crippen LogP) is 2.33. The number of hydrogen-bond donors (Lipinski definition) is 2. The molecule has 3 unspecified atom stereocenters. The molecule has 1 saturated carbocycles. The first-order valence-corrected chi connectivity index (χ1v) is 8.68. The average Bonchev–Trinajstić information content (AvgIpc) is 2.46. The smallest absolute Gasteiger partial charge is 0.246 e. The molecule has 0 radical (unpaired) electrons. The van der Waals surface area contributed by atoms with Crippen LogP contribution in [0.15, 0.2) is 0 Å². The first-order chi connectivity index (χ1) is 10.1. The first kappa shape index (κ1) is 16.8. The summed E-state index contributed by atoms with van der Waals surface area (Å²) in [6, 6.07) is 0.279. The monoisotopic (exact) mass is 296 g/mol. The van der Waals surface area contributed by atoms with Gasteiger partial charge >= 0.3 is 0 Å². The first-order valence-electron chi connectivity index (χ1n) is 8.68. The van der Waals surface area contributed by atoms with Gasteiger partial charge in [0.1, 0.15) is 6.61 Å². The Morgan fingerprint density at radius 1 is 1.33 bits per heavy atom. The van der Waals surface area contributed by atoms with Crippen molar-refractivity contribution in [2.75, 3.05) is 19.7 Å². The van der Waals surface area contributed by atoms with Crippen molar-refractivity contribution in [2.45, 2.75) is 65.0 Å². The topological polar surface area (TPSA) is 50.4 Å². The van der Waals surface area contributed by atoms with Gasteiger partial charge in [-0.25, -0.2) is 0 Å². The fraction of sp³-hybridized carbons (Fsp3) is 0.941. The Kier molecular flexibility index (Phi) is 6.49. The van der Waals surface area contributed by atoms with Gasteiger partial charge in [0, 0.05) is 12.6 Å². The second kappa shape index (κ2) is 8.14. The molecule has 122 valence electrons. The lowest BCUT2D eigenvalue weighted by Gasteiger charge is -2.37. The lowest BCUT2D eigenvalue weighted by atomic mass is 9.75. The third-order valence-electron chi connectivity index (χ3n) is 5.05. The number of carbonyl (C=O) groups is 1. The van der Waals surface area contributed by atoms with Crippen molar-refractivity contribution in [3.63, 3.8) is 0 Å². The Labute approximate surface area is 129 Å². The summed E-state index contributed by atoms with van der Waals surface area (Å²) in [5.41, 5.74) is 0. The number of carbonyl (C=O) groups excluding carboxylic acids is 1. The minimum absolute atomic E-state index is 0.0458. The molecule has 2 fully saturated rings. The molecular formula is C17H32N2O2. The van der Waals surface area contributed by atoms with E-state index >= 15 is 0 Å². The van der Waals surface area contributed by atoms with Gasteiger partial charge in [0.2, 0.25) is 5.91 Å². The highest BCUT2D eigenvalue weighted by atomic mass is 16.5. The average molecular weight is 296 g/mol. The van der Waals surface area contributed by atoms with E-state index in [1.807, 2.05) is 0 Å². The minimum atomic E-state index is 0.0458. The number of piperidine rings is 1. The highest BCUT2D eigenvalue weighted by molar-refractivity contribution is 5.77. The van der Waals surface area contributed by atoms with Crippen LogP contribution in [-0.2, 0) is 9.53 Å². The Morgan fingerprint density at radius 2 is 2.14 bits per heavy atom. The van der Waals surface area contributed by atoms with E-state index in [0.29, 0.717) is 11.8 Å². The van der Waals surface area contributed by atoms with Gasteiger partial charge in [-0.3, -0.25) is 4.79 Å². The molecule has 0 aromatic rings. The number of hydrogen-bond acceptors (Lipinski definition) is 3. The van der Waals surface area contributed by atoms with Gasteiger partial charge in [0.05, 0.1) is 6.10 Å². The summed E-state index contributed by atoms with van der Waals surface area (Å²) in [6.07, 6.45) is 6.10. The van der Waals surface area contributed by atoms with Gasteiger partial charge in [0.25, 0.3) is 0 Å². The predicted molar refractivity (Wildman–Crippen MR) is 85.1 cm³/mol. The fourth-order valence-corrected chi connectivity index (χ4v) is 3.73. The van der Waals surface area contributed by atoms with Crippen LogP contribution >= 0.6 is 0 Å². The molecule has 1 aliphatic heterocycles. The largest absolute Gasteiger partial charge is 0.368 e. The third kappa shape index (κ3) is 5.26. The summed E-state index contributed by atoms with van der Waals surface area (Å²) >= 11 is 0. The summed E-state index contributed by atoms with van der Waals surface area (Å²) in [5, 5.41) is 6.41. The lowest BCUT2D eigenvalue weighted by molar-refractivity contribution is -0.132. The van der Waals surface area contributed by atoms with Crippen LogP contribution in [0.25, 0.3) is 0 Å². The molecule has 21 heavy (non-hydrogen) atoms. The van der Waals surface area contributed by atoms with E-state index in [9.17, 15) is 4.79 Å². The Balaban J connectivity index is 1.75. The Bertz CT molecular complexity index is 327. The lowest BCUT2D eigenvalue weighted by Crippen LogP contribution is -2.47. The Morgan fingerprint density at radius 3 is 2.81 bits per heavy atom. The van der Waals surface area contributed by atoms with Crippen molar-refractivity contribution in [2.24, 2.45) is 17.8 Å². The zero-order chi connectivity index (χ0) is 15.2. The molecule has 1 aliphatic carbocycles. The van der Waals surface area contributed by atoms with Crippen LogP contribution in [0.5, 0.6) is 0 Å². The molecule has 2 aliphatic rings. The summed E-state index contributed by atoms with van der Waals surface area (Å²) < 4.78 is 6.00. The summed E-state index contributed by atoms with van der Waals surface area (Å²) in [7, 11) is 0. The van der Waals surface area contributed by atoms with Gasteiger partial charge in [-0.2, -0.15) is 0 Å². The molecule has 0 bridgehead atoms. The van der Waals surface area contributed by atoms with E-state index in [-0.39, 0.29) is 24.7 Å². The molecule has 0 aromatic heterocycles. The van der Waals surface area contributed by atoms with Gasteiger partial charge in [-0.1, -0.05) is 27.2 Å². The molecule has 2 N–H and O–H groups in total. The van der Waals surface area contributed by atoms with Crippen LogP contribution in [-0.4, -0.2) is 37.7 Å². The van der Waals surface area contributed by atoms with Crippen LogP contribution in [0, 0.1) is 17.8 Å². The van der Waals surface area contributed by atoms with E-state index in [4.69, 9.17) is 4.74 Å². The maximum Gasteiger partial charge on any atom is 0.246 e. The standard InChI is InChI=1S/C17H32N2O2/c1-12(2)15-7-6-13(3)9-16(15)21-11-17(20)19-14-5-4-8-18-10-14/h12-16,18H,4-11H2,1-3H3,(H,19,20)/t13?,14-,15?,16?/m0/s1. The molecular weight excluding hydrogens is 264 g/mol. The number of rotatable bonds is 5. The number of nitrogens with one attached hydrogen (secondary N) is 2. The third-order valence-corrected chi connectivity index (χ3v) is 5.05. The van der Waals surface area contributed by atoms with Gasteiger partial charge < -0.3 is 15.4 Å². The zero-order valence-electron chi connectivity index (χ0n) is 13.9. The van der Waals surface area contributed by atoms with E-state index in [1.165, 1.54) is 12.8 Å². The highest BCUT2D eigenvalue weighted by Gasteiger charge is 2.31. The maximum absolute atomic E-state index is 12.0. The molecule has 1 amide bonds. The minimum Gasteiger partial charge on any atom is -0.368 e. The van der Waals surface area contributed by atoms with Crippen LogP contribution in [0.2, 0.25) is 0 Å². The van der Waals surface area contributed by atoms with Crippen molar-refractivity contribution >= 4 is 5.91 Å². The molecule has 0 spiro atoms. The number of amides is 1. The molecule has 2 rings (SSSR count). The molecule has 1 saturated heterocycles. The highest BCUT2D eigenvalue weighted by Crippen LogP contribution is 2.35. The summed E-state index contributed by atoms with van der Waals surface area (Å²) in [4.78, 5) is 12.0. The normalized spacial score (nSPS) is 33.9. The molecule has 1 heterocycles. The molecule has 4 heteroatoms. The zero-order valence-corrected chi connectivity index (χ0v) is 13.9. The summed E-state index contributed by atoms with van der Waals surface area (Å²) in [6.45, 7) is 9.01. The second-order valence-corrected chi connectivity index (χ2v) is 7.29. The SMILES string of the molecule is CC1CCC(C(C)C)C(OCC(=O)N[C@H]2CCCNC2)C1. The van der Waals surface area contributed by atoms with E-state index in [0.717, 1.165) is 38.3 Å². The second-order valence-electron chi connectivity index (χ2n) is 7.29. The van der Waals surface area contributed by atoms with Crippen molar-refractivity contribution in [1.82, 2.24) is 10.6 Å². The quantitative estimate of drug-likeness (QED) is 0.818. The van der Waals surface area contributed by atoms with Crippen LogP contribution in [0.3, 0.4) is 0 Å². The van der Waals surface area contributed by atoms with Crippen LogP contribution in [0.4, 0.5) is 0 Å². The molecule has 4 atom stereocenters. The van der Waals surface area contributed by atoms with Crippen LogP contribution in [0.1, 0.15) is 52.9 Å². The van der Waals surface area contributed by atoms with Crippen molar-refractivity contribution < 1.29 is 9.53 Å². The van der Waals surface area contributed by atoms with Crippen molar-refractivity contribution in [1.29, 1.82) is 0 Å². The van der Waals surface area contributed by atoms with Crippen molar-refractivity contribution in [3.8, 4) is 0 Å². The van der Waals surface area contributed by atoms with Gasteiger partial charge in [0.15, 0.2) is 0 Å². The van der Waals surface area contributed by atoms with E-state index in [1.54, 1.807) is 0 Å². The molecule has 4 nitrogen and oxygen atoms in total.